The number of carbonyl (C=O) groups is 1. The number of nitrogens with zero attached hydrogens (tertiary/aromatic N) is 1. The number of carbonyl (C=O) groups excluding carboxylic acids is 1. The number of H-pyrrole nitrogens is 1. The number of aromatic nitrogens is 2. The molecule has 0 aliphatic rings. The minimum absolute atomic E-state index is 0.102. The van der Waals surface area contributed by atoms with Gasteiger partial charge in [-0.2, -0.15) is 0 Å². The van der Waals surface area contributed by atoms with E-state index in [1.165, 1.54) is 0 Å². The van der Waals surface area contributed by atoms with Crippen molar-refractivity contribution in [1.82, 2.24) is 15.3 Å². The van der Waals surface area contributed by atoms with Crippen LogP contribution in [-0.2, 0) is 5.88 Å². The zero-order valence-corrected chi connectivity index (χ0v) is 11.4. The quantitative estimate of drug-likeness (QED) is 0.826. The molecular weight excluding hydrogens is 262 g/mol. The summed E-state index contributed by atoms with van der Waals surface area (Å²) in [6.07, 6.45) is 4.21. The van der Waals surface area contributed by atoms with Crippen molar-refractivity contribution in [3.63, 3.8) is 0 Å². The summed E-state index contributed by atoms with van der Waals surface area (Å²) in [7, 11) is 0. The third-order valence-electron chi connectivity index (χ3n) is 2.93. The maximum absolute atomic E-state index is 12.1. The van der Waals surface area contributed by atoms with Crippen molar-refractivity contribution in [2.75, 3.05) is 0 Å². The molecule has 2 N–H and O–H groups in total. The molecular formula is C14H16ClN3O. The fourth-order valence-electron chi connectivity index (χ4n) is 1.82. The third-order valence-corrected chi connectivity index (χ3v) is 3.24. The molecule has 5 heteroatoms. The predicted octanol–water partition coefficient (Wildman–Crippen LogP) is 3.03. The number of hydrogen-bond acceptors (Lipinski definition) is 2. The highest BCUT2D eigenvalue weighted by molar-refractivity contribution is 6.17. The Labute approximate surface area is 117 Å². The molecule has 19 heavy (non-hydrogen) atoms. The van der Waals surface area contributed by atoms with Crippen LogP contribution in [0.25, 0.3) is 0 Å². The highest BCUT2D eigenvalue weighted by atomic mass is 35.5. The molecule has 2 rings (SSSR count). The summed E-state index contributed by atoms with van der Waals surface area (Å²) < 4.78 is 0. The van der Waals surface area contributed by atoms with Gasteiger partial charge in [-0.25, -0.2) is 4.98 Å². The van der Waals surface area contributed by atoms with E-state index in [2.05, 4.69) is 15.3 Å². The van der Waals surface area contributed by atoms with Crippen LogP contribution in [0.15, 0.2) is 36.7 Å². The Morgan fingerprint density at radius 3 is 2.68 bits per heavy atom. The number of amides is 1. The first-order chi connectivity index (χ1) is 9.24. The van der Waals surface area contributed by atoms with E-state index in [9.17, 15) is 4.79 Å². The highest BCUT2D eigenvalue weighted by Gasteiger charge is 2.15. The minimum atomic E-state index is -0.107. The second kappa shape index (κ2) is 6.38. The van der Waals surface area contributed by atoms with Crippen LogP contribution in [0, 0.1) is 0 Å². The molecule has 0 fully saturated rings. The Hall–Kier alpha value is -1.81. The SMILES string of the molecule is CCC(NC(=O)c1ccc(CCl)cc1)c1ncc[nH]1. The van der Waals surface area contributed by atoms with Gasteiger partial charge in [0.1, 0.15) is 5.82 Å². The van der Waals surface area contributed by atoms with E-state index >= 15 is 0 Å². The molecule has 0 saturated carbocycles. The molecule has 1 unspecified atom stereocenters. The maximum Gasteiger partial charge on any atom is 0.251 e. The molecule has 1 atom stereocenters. The van der Waals surface area contributed by atoms with Gasteiger partial charge in [0.25, 0.3) is 5.91 Å². The Bertz CT molecular complexity index is 522. The van der Waals surface area contributed by atoms with Crippen molar-refractivity contribution < 1.29 is 4.79 Å². The molecule has 4 nitrogen and oxygen atoms in total. The van der Waals surface area contributed by atoms with E-state index in [-0.39, 0.29) is 11.9 Å². The molecule has 0 aliphatic carbocycles. The van der Waals surface area contributed by atoms with Gasteiger partial charge >= 0.3 is 0 Å². The molecule has 0 saturated heterocycles. The number of benzene rings is 1. The van der Waals surface area contributed by atoms with Crippen molar-refractivity contribution in [2.24, 2.45) is 0 Å². The lowest BCUT2D eigenvalue weighted by molar-refractivity contribution is 0.0934. The largest absolute Gasteiger partial charge is 0.347 e. The number of nitrogens with one attached hydrogen (secondary N) is 2. The molecule has 1 heterocycles. The zero-order chi connectivity index (χ0) is 13.7. The molecule has 1 aromatic carbocycles. The van der Waals surface area contributed by atoms with E-state index in [0.717, 1.165) is 17.8 Å². The first kappa shape index (κ1) is 13.6. The van der Waals surface area contributed by atoms with Crippen LogP contribution in [0.5, 0.6) is 0 Å². The fraction of sp³-hybridized carbons (Fsp3) is 0.286. The number of hydrogen-bond donors (Lipinski definition) is 2. The zero-order valence-electron chi connectivity index (χ0n) is 10.7. The maximum atomic E-state index is 12.1. The average Bonchev–Trinajstić information content (AvgIpc) is 2.98. The molecule has 100 valence electrons. The number of aromatic amines is 1. The van der Waals surface area contributed by atoms with Crippen molar-refractivity contribution >= 4 is 17.5 Å². The van der Waals surface area contributed by atoms with Crippen LogP contribution in [0.4, 0.5) is 0 Å². The van der Waals surface area contributed by atoms with Crippen molar-refractivity contribution in [2.45, 2.75) is 25.3 Å². The summed E-state index contributed by atoms with van der Waals surface area (Å²) in [6.45, 7) is 2.00. The smallest absolute Gasteiger partial charge is 0.251 e. The van der Waals surface area contributed by atoms with Gasteiger partial charge in [0.2, 0.25) is 0 Å². The van der Waals surface area contributed by atoms with Gasteiger partial charge in [0.15, 0.2) is 0 Å². The predicted molar refractivity (Wildman–Crippen MR) is 75.1 cm³/mol. The molecule has 2 aromatic rings. The molecule has 1 aromatic heterocycles. The Morgan fingerprint density at radius 2 is 2.16 bits per heavy atom. The normalized spacial score (nSPS) is 12.1. The highest BCUT2D eigenvalue weighted by Crippen LogP contribution is 2.13. The second-order valence-electron chi connectivity index (χ2n) is 4.24. The van der Waals surface area contributed by atoms with E-state index < -0.39 is 0 Å². The lowest BCUT2D eigenvalue weighted by Crippen LogP contribution is -2.28. The lowest BCUT2D eigenvalue weighted by atomic mass is 10.1. The van der Waals surface area contributed by atoms with E-state index in [1.807, 2.05) is 19.1 Å². The number of halogens is 1. The van der Waals surface area contributed by atoms with Crippen LogP contribution in [0.3, 0.4) is 0 Å². The lowest BCUT2D eigenvalue weighted by Gasteiger charge is -2.14. The van der Waals surface area contributed by atoms with E-state index in [0.29, 0.717) is 11.4 Å². The third kappa shape index (κ3) is 3.35. The minimum Gasteiger partial charge on any atom is -0.347 e. The summed E-state index contributed by atoms with van der Waals surface area (Å²) in [4.78, 5) is 19.3. The van der Waals surface area contributed by atoms with Gasteiger partial charge in [-0.3, -0.25) is 4.79 Å². The van der Waals surface area contributed by atoms with Gasteiger partial charge in [-0.1, -0.05) is 19.1 Å². The molecule has 0 spiro atoms. The molecule has 0 bridgehead atoms. The van der Waals surface area contributed by atoms with Crippen LogP contribution >= 0.6 is 11.6 Å². The van der Waals surface area contributed by atoms with Gasteiger partial charge in [-0.15, -0.1) is 11.6 Å². The van der Waals surface area contributed by atoms with Crippen molar-refractivity contribution in [3.8, 4) is 0 Å². The van der Waals surface area contributed by atoms with Gasteiger partial charge in [0.05, 0.1) is 6.04 Å². The second-order valence-corrected chi connectivity index (χ2v) is 4.51. The van der Waals surface area contributed by atoms with Crippen LogP contribution in [-0.4, -0.2) is 15.9 Å². The topological polar surface area (TPSA) is 57.8 Å². The number of rotatable bonds is 5. The molecule has 0 radical (unpaired) electrons. The van der Waals surface area contributed by atoms with Gasteiger partial charge < -0.3 is 10.3 Å². The van der Waals surface area contributed by atoms with Crippen LogP contribution in [0.2, 0.25) is 0 Å². The summed E-state index contributed by atoms with van der Waals surface area (Å²) in [5, 5.41) is 2.96. The van der Waals surface area contributed by atoms with Crippen LogP contribution < -0.4 is 5.32 Å². The standard InChI is InChI=1S/C14H16ClN3O/c1-2-12(13-16-7-8-17-13)18-14(19)11-5-3-10(9-15)4-6-11/h3-8,12H,2,9H2,1H3,(H,16,17)(H,18,19). The van der Waals surface area contributed by atoms with Gasteiger partial charge in [0, 0.05) is 23.8 Å². The Balaban J connectivity index is 2.06. The summed E-state index contributed by atoms with van der Waals surface area (Å²) >= 11 is 5.72. The number of alkyl halides is 1. The van der Waals surface area contributed by atoms with E-state index in [4.69, 9.17) is 11.6 Å². The first-order valence-electron chi connectivity index (χ1n) is 6.19. The first-order valence-corrected chi connectivity index (χ1v) is 6.73. The molecule has 0 aliphatic heterocycles. The summed E-state index contributed by atoms with van der Waals surface area (Å²) in [5.41, 5.74) is 1.62. The summed E-state index contributed by atoms with van der Waals surface area (Å²) in [5.74, 6) is 1.11. The Morgan fingerprint density at radius 1 is 1.42 bits per heavy atom. The van der Waals surface area contributed by atoms with Crippen molar-refractivity contribution in [3.05, 3.63) is 53.6 Å². The van der Waals surface area contributed by atoms with E-state index in [1.54, 1.807) is 24.5 Å². The van der Waals surface area contributed by atoms with Crippen LogP contribution in [0.1, 0.15) is 41.1 Å². The average molecular weight is 278 g/mol. The number of imidazole rings is 1. The summed E-state index contributed by atoms with van der Waals surface area (Å²) in [6, 6.07) is 7.17. The fourth-order valence-corrected chi connectivity index (χ4v) is 2.00. The van der Waals surface area contributed by atoms with Crippen molar-refractivity contribution in [1.29, 1.82) is 0 Å². The van der Waals surface area contributed by atoms with Gasteiger partial charge in [-0.05, 0) is 24.1 Å². The molecule has 1 amide bonds. The monoisotopic (exact) mass is 277 g/mol. The Kier molecular flexibility index (Phi) is 4.58.